The summed E-state index contributed by atoms with van der Waals surface area (Å²) in [6, 6.07) is 12.0. The molecule has 6 heteroatoms. The Labute approximate surface area is 166 Å². The van der Waals surface area contributed by atoms with Crippen LogP contribution in [0.1, 0.15) is 29.9 Å². The van der Waals surface area contributed by atoms with Crippen LogP contribution in [-0.4, -0.2) is 37.6 Å². The van der Waals surface area contributed by atoms with E-state index < -0.39 is 0 Å². The maximum absolute atomic E-state index is 9.64. The second kappa shape index (κ2) is 10.1. The summed E-state index contributed by atoms with van der Waals surface area (Å²) in [5.41, 5.74) is 9.58. The van der Waals surface area contributed by atoms with Gasteiger partial charge in [-0.1, -0.05) is 24.3 Å². The number of imidazole rings is 1. The van der Waals surface area contributed by atoms with Gasteiger partial charge in [-0.05, 0) is 44.1 Å². The number of pyridine rings is 1. The Bertz CT molecular complexity index is 905. The molecule has 0 fully saturated rings. The largest absolute Gasteiger partial charge is 0.392 e. The topological polar surface area (TPSA) is 80.2 Å². The SMILES string of the molecule is C=CCn1c(CN(CCCCN)Cc2ncccc2CO)nc2ccccc21. The van der Waals surface area contributed by atoms with Crippen LogP contribution in [0.4, 0.5) is 0 Å². The van der Waals surface area contributed by atoms with Crippen LogP contribution in [0.5, 0.6) is 0 Å². The smallest absolute Gasteiger partial charge is 0.124 e. The zero-order valence-corrected chi connectivity index (χ0v) is 16.3. The van der Waals surface area contributed by atoms with Crippen LogP contribution < -0.4 is 5.73 Å². The monoisotopic (exact) mass is 379 g/mol. The van der Waals surface area contributed by atoms with Crippen LogP contribution in [0.15, 0.2) is 55.3 Å². The molecule has 2 heterocycles. The van der Waals surface area contributed by atoms with Gasteiger partial charge in [-0.25, -0.2) is 4.98 Å². The average Bonchev–Trinajstić information content (AvgIpc) is 3.06. The first-order valence-electron chi connectivity index (χ1n) is 9.78. The normalized spacial score (nSPS) is 11.4. The first-order valence-corrected chi connectivity index (χ1v) is 9.78. The Morgan fingerprint density at radius 2 is 2.00 bits per heavy atom. The van der Waals surface area contributed by atoms with Gasteiger partial charge in [-0.2, -0.15) is 0 Å². The fraction of sp³-hybridized carbons (Fsp3) is 0.364. The van der Waals surface area contributed by atoms with Gasteiger partial charge in [-0.3, -0.25) is 9.88 Å². The number of rotatable bonds is 11. The number of nitrogens with two attached hydrogens (primary N) is 1. The second-order valence-electron chi connectivity index (χ2n) is 6.89. The Hall–Kier alpha value is -2.54. The number of hydrogen-bond acceptors (Lipinski definition) is 5. The molecule has 0 amide bonds. The highest BCUT2D eigenvalue weighted by Gasteiger charge is 2.16. The molecule has 3 rings (SSSR count). The van der Waals surface area contributed by atoms with Crippen molar-refractivity contribution in [3.8, 4) is 0 Å². The third-order valence-corrected chi connectivity index (χ3v) is 4.87. The van der Waals surface area contributed by atoms with Gasteiger partial charge in [0.2, 0.25) is 0 Å². The molecular weight excluding hydrogens is 350 g/mol. The molecule has 0 aliphatic carbocycles. The average molecular weight is 380 g/mol. The third-order valence-electron chi connectivity index (χ3n) is 4.87. The van der Waals surface area contributed by atoms with E-state index in [9.17, 15) is 5.11 Å². The van der Waals surface area contributed by atoms with E-state index in [1.54, 1.807) is 6.20 Å². The Morgan fingerprint density at radius 1 is 1.14 bits per heavy atom. The summed E-state index contributed by atoms with van der Waals surface area (Å²) < 4.78 is 2.21. The number of fused-ring (bicyclic) bond motifs is 1. The van der Waals surface area contributed by atoms with Gasteiger partial charge < -0.3 is 15.4 Å². The lowest BCUT2D eigenvalue weighted by Gasteiger charge is -2.23. The van der Waals surface area contributed by atoms with E-state index in [1.165, 1.54) is 0 Å². The second-order valence-corrected chi connectivity index (χ2v) is 6.89. The molecule has 2 aromatic heterocycles. The van der Waals surface area contributed by atoms with Crippen LogP contribution in [0.3, 0.4) is 0 Å². The van der Waals surface area contributed by atoms with E-state index in [1.807, 2.05) is 36.4 Å². The number of benzene rings is 1. The van der Waals surface area contributed by atoms with Crippen molar-refractivity contribution in [1.82, 2.24) is 19.4 Å². The van der Waals surface area contributed by atoms with Crippen LogP contribution in [-0.2, 0) is 26.2 Å². The predicted octanol–water partition coefficient (Wildman–Crippen LogP) is 2.85. The maximum Gasteiger partial charge on any atom is 0.124 e. The number of aliphatic hydroxyl groups excluding tert-OH is 1. The number of nitrogens with zero attached hydrogens (tertiary/aromatic N) is 4. The number of para-hydroxylation sites is 2. The molecule has 0 atom stereocenters. The number of hydrogen-bond donors (Lipinski definition) is 2. The molecule has 28 heavy (non-hydrogen) atoms. The highest BCUT2D eigenvalue weighted by Crippen LogP contribution is 2.19. The molecule has 0 aliphatic heterocycles. The molecule has 0 saturated carbocycles. The fourth-order valence-corrected chi connectivity index (χ4v) is 3.44. The molecule has 0 radical (unpaired) electrons. The summed E-state index contributed by atoms with van der Waals surface area (Å²) in [5, 5.41) is 9.64. The Morgan fingerprint density at radius 3 is 2.79 bits per heavy atom. The minimum absolute atomic E-state index is 0.00517. The lowest BCUT2D eigenvalue weighted by atomic mass is 10.2. The Balaban J connectivity index is 1.87. The first-order chi connectivity index (χ1) is 13.8. The summed E-state index contributed by atoms with van der Waals surface area (Å²) in [5.74, 6) is 1.01. The summed E-state index contributed by atoms with van der Waals surface area (Å²) in [6.07, 6.45) is 5.67. The number of allylic oxidation sites excluding steroid dienone is 1. The van der Waals surface area contributed by atoms with Crippen molar-refractivity contribution in [2.75, 3.05) is 13.1 Å². The summed E-state index contributed by atoms with van der Waals surface area (Å²) in [6.45, 7) is 7.57. The van der Waals surface area contributed by atoms with Gasteiger partial charge in [0.25, 0.3) is 0 Å². The van der Waals surface area contributed by atoms with Gasteiger partial charge in [0.05, 0.1) is 29.9 Å². The minimum Gasteiger partial charge on any atom is -0.392 e. The number of unbranched alkanes of at least 4 members (excludes halogenated alkanes) is 1. The molecule has 0 saturated heterocycles. The highest BCUT2D eigenvalue weighted by atomic mass is 16.3. The van der Waals surface area contributed by atoms with E-state index in [0.29, 0.717) is 19.6 Å². The Kier molecular flexibility index (Phi) is 7.31. The van der Waals surface area contributed by atoms with E-state index in [4.69, 9.17) is 10.7 Å². The van der Waals surface area contributed by atoms with Gasteiger partial charge in [0.1, 0.15) is 5.82 Å². The minimum atomic E-state index is -0.00517. The summed E-state index contributed by atoms with van der Waals surface area (Å²) in [4.78, 5) is 11.7. The van der Waals surface area contributed by atoms with Crippen molar-refractivity contribution in [3.63, 3.8) is 0 Å². The first kappa shape index (κ1) is 20.2. The van der Waals surface area contributed by atoms with Gasteiger partial charge in [0, 0.05) is 24.8 Å². The lowest BCUT2D eigenvalue weighted by molar-refractivity contribution is 0.234. The standard InChI is InChI=1S/C22H29N5O/c1-2-13-27-21-10-4-3-9-19(21)25-22(27)16-26(14-6-5-11-23)15-20-18(17-28)8-7-12-24-20/h2-4,7-10,12,28H,1,5-6,11,13-17,23H2. The molecule has 1 aromatic carbocycles. The molecule has 0 spiro atoms. The molecule has 3 N–H and O–H groups in total. The highest BCUT2D eigenvalue weighted by molar-refractivity contribution is 5.75. The maximum atomic E-state index is 9.64. The fourth-order valence-electron chi connectivity index (χ4n) is 3.44. The van der Waals surface area contributed by atoms with Gasteiger partial charge in [0.15, 0.2) is 0 Å². The van der Waals surface area contributed by atoms with Crippen molar-refractivity contribution in [2.45, 2.75) is 39.1 Å². The van der Waals surface area contributed by atoms with Crippen molar-refractivity contribution < 1.29 is 5.11 Å². The van der Waals surface area contributed by atoms with Crippen LogP contribution in [0.25, 0.3) is 11.0 Å². The van der Waals surface area contributed by atoms with Crippen molar-refractivity contribution in [1.29, 1.82) is 0 Å². The molecular formula is C22H29N5O. The van der Waals surface area contributed by atoms with Crippen molar-refractivity contribution in [3.05, 3.63) is 72.3 Å². The zero-order valence-electron chi connectivity index (χ0n) is 16.3. The van der Waals surface area contributed by atoms with Crippen LogP contribution in [0, 0.1) is 0 Å². The molecule has 3 aromatic rings. The molecule has 0 unspecified atom stereocenters. The van der Waals surface area contributed by atoms with Crippen LogP contribution in [0.2, 0.25) is 0 Å². The molecule has 148 valence electrons. The number of aliphatic hydroxyl groups is 1. The molecule has 0 bridgehead atoms. The summed E-state index contributed by atoms with van der Waals surface area (Å²) in [7, 11) is 0. The van der Waals surface area contributed by atoms with Gasteiger partial charge >= 0.3 is 0 Å². The quantitative estimate of drug-likeness (QED) is 0.396. The zero-order chi connectivity index (χ0) is 19.8. The molecule has 0 aliphatic rings. The van der Waals surface area contributed by atoms with Crippen molar-refractivity contribution >= 4 is 11.0 Å². The van der Waals surface area contributed by atoms with E-state index in [2.05, 4.69) is 27.1 Å². The molecule has 6 nitrogen and oxygen atoms in total. The van der Waals surface area contributed by atoms with Gasteiger partial charge in [-0.15, -0.1) is 6.58 Å². The van der Waals surface area contributed by atoms with E-state index in [0.717, 1.165) is 54.0 Å². The lowest BCUT2D eigenvalue weighted by Crippen LogP contribution is -2.27. The summed E-state index contributed by atoms with van der Waals surface area (Å²) >= 11 is 0. The van der Waals surface area contributed by atoms with E-state index >= 15 is 0 Å². The van der Waals surface area contributed by atoms with Crippen LogP contribution >= 0.6 is 0 Å². The number of aromatic nitrogens is 3. The van der Waals surface area contributed by atoms with Crippen molar-refractivity contribution in [2.24, 2.45) is 5.73 Å². The van der Waals surface area contributed by atoms with E-state index in [-0.39, 0.29) is 6.61 Å². The predicted molar refractivity (Wildman–Crippen MR) is 112 cm³/mol. The third kappa shape index (κ3) is 4.84.